The van der Waals surface area contributed by atoms with E-state index in [1.807, 2.05) is 14.1 Å². The molecule has 60 valence electrons. The predicted molar refractivity (Wildman–Crippen MR) is 33.4 cm³/mol. The summed E-state index contributed by atoms with van der Waals surface area (Å²) in [4.78, 5) is 18.2. The molecule has 0 unspecified atom stereocenters. The lowest BCUT2D eigenvalue weighted by Gasteiger charge is -1.81. The molecule has 6 nitrogen and oxygen atoms in total. The van der Waals surface area contributed by atoms with Crippen LogP contribution >= 0.6 is 0 Å². The third kappa shape index (κ3) is 15.8. The minimum absolute atomic E-state index is 1.82. The minimum Gasteiger partial charge on any atom is -0.473 e. The number of nitrogens with one attached hydrogen (secondary N) is 2. The Labute approximate surface area is 57.8 Å². The third-order valence-electron chi connectivity index (χ3n) is 0.433. The van der Waals surface area contributed by atoms with Crippen molar-refractivity contribution in [2.75, 3.05) is 14.1 Å². The highest BCUT2D eigenvalue weighted by Crippen LogP contribution is 1.56. The number of carboxylic acid groups (broad SMARTS) is 2. The van der Waals surface area contributed by atoms with Crippen LogP contribution in [0.2, 0.25) is 0 Å². The molecule has 0 aliphatic heterocycles. The predicted octanol–water partition coefficient (Wildman–Crippen LogP) is -1.50. The van der Waals surface area contributed by atoms with E-state index in [-0.39, 0.29) is 0 Å². The second-order valence-corrected chi connectivity index (χ2v) is 1.11. The molecule has 0 saturated carbocycles. The first-order chi connectivity index (χ1) is 4.56. The van der Waals surface area contributed by atoms with Gasteiger partial charge in [0.25, 0.3) is 0 Å². The number of hydrogen-bond acceptors (Lipinski definition) is 4. The van der Waals surface area contributed by atoms with Crippen molar-refractivity contribution in [3.05, 3.63) is 0 Å². The van der Waals surface area contributed by atoms with Gasteiger partial charge in [0.1, 0.15) is 0 Å². The van der Waals surface area contributed by atoms with E-state index in [9.17, 15) is 0 Å². The summed E-state index contributed by atoms with van der Waals surface area (Å²) in [5.41, 5.74) is 5.36. The first kappa shape index (κ1) is 11.6. The molecule has 4 N–H and O–H groups in total. The van der Waals surface area contributed by atoms with Gasteiger partial charge in [0, 0.05) is 0 Å². The summed E-state index contributed by atoms with van der Waals surface area (Å²) >= 11 is 0. The lowest BCUT2D eigenvalue weighted by atomic mass is 10.7. The molecule has 0 aromatic heterocycles. The zero-order chi connectivity index (χ0) is 8.57. The van der Waals surface area contributed by atoms with Gasteiger partial charge in [0.05, 0.1) is 0 Å². The van der Waals surface area contributed by atoms with Crippen LogP contribution in [0.1, 0.15) is 0 Å². The van der Waals surface area contributed by atoms with Gasteiger partial charge in [-0.15, -0.1) is 0 Å². The fraction of sp³-hybridized carbons (Fsp3) is 0.500. The highest BCUT2D eigenvalue weighted by molar-refractivity contribution is 6.27. The van der Waals surface area contributed by atoms with Crippen LogP contribution in [0.4, 0.5) is 0 Å². The number of rotatable bonds is 1. The Morgan fingerprint density at radius 2 is 1.20 bits per heavy atom. The molecule has 0 amide bonds. The Bertz CT molecular complexity index is 99.8. The lowest BCUT2D eigenvalue weighted by molar-refractivity contribution is -0.159. The molecule has 0 rings (SSSR count). The second kappa shape index (κ2) is 7.86. The molecular weight excluding hydrogens is 140 g/mol. The number of carboxylic acids is 2. The van der Waals surface area contributed by atoms with E-state index in [1.54, 1.807) is 0 Å². The monoisotopic (exact) mass is 150 g/mol. The Hall–Kier alpha value is -1.14. The van der Waals surface area contributed by atoms with Crippen LogP contribution in [0.3, 0.4) is 0 Å². The number of hydrogen-bond donors (Lipinski definition) is 4. The quantitative estimate of drug-likeness (QED) is 0.268. The molecule has 0 bridgehead atoms. The van der Waals surface area contributed by atoms with Crippen molar-refractivity contribution in [2.45, 2.75) is 0 Å². The lowest BCUT2D eigenvalue weighted by Crippen LogP contribution is -2.21. The van der Waals surface area contributed by atoms with E-state index in [2.05, 4.69) is 10.9 Å². The fourth-order valence-corrected chi connectivity index (χ4v) is 0. The van der Waals surface area contributed by atoms with Crippen LogP contribution in [0.15, 0.2) is 0 Å². The van der Waals surface area contributed by atoms with Crippen molar-refractivity contribution >= 4 is 11.9 Å². The van der Waals surface area contributed by atoms with Crippen molar-refractivity contribution in [1.82, 2.24) is 10.9 Å². The average molecular weight is 150 g/mol. The summed E-state index contributed by atoms with van der Waals surface area (Å²) in [6.07, 6.45) is 0. The Kier molecular flexibility index (Phi) is 9.14. The van der Waals surface area contributed by atoms with Gasteiger partial charge in [-0.25, -0.2) is 9.59 Å². The third-order valence-corrected chi connectivity index (χ3v) is 0.433. The maximum atomic E-state index is 9.10. The fourth-order valence-electron chi connectivity index (χ4n) is 0. The van der Waals surface area contributed by atoms with E-state index in [0.717, 1.165) is 0 Å². The van der Waals surface area contributed by atoms with Gasteiger partial charge in [-0.1, -0.05) is 0 Å². The van der Waals surface area contributed by atoms with Gasteiger partial charge in [-0.2, -0.15) is 0 Å². The van der Waals surface area contributed by atoms with Crippen LogP contribution in [-0.2, 0) is 9.59 Å². The minimum atomic E-state index is -1.82. The highest BCUT2D eigenvalue weighted by atomic mass is 16.4. The standard InChI is InChI=1S/C2H8N2.C2H2O4/c1-3-4-2;3-1(4)2(5)6/h3-4H,1-2H3;(H,3,4)(H,5,6). The van der Waals surface area contributed by atoms with Crippen molar-refractivity contribution < 1.29 is 19.8 Å². The topological polar surface area (TPSA) is 98.7 Å². The van der Waals surface area contributed by atoms with E-state index >= 15 is 0 Å². The molecule has 0 heterocycles. The molecule has 6 heteroatoms. The van der Waals surface area contributed by atoms with E-state index in [1.165, 1.54) is 0 Å². The molecule has 0 aromatic rings. The van der Waals surface area contributed by atoms with Gasteiger partial charge in [-0.05, 0) is 14.1 Å². The number of carbonyl (C=O) groups is 2. The van der Waals surface area contributed by atoms with Crippen LogP contribution in [0, 0.1) is 0 Å². The van der Waals surface area contributed by atoms with Gasteiger partial charge in [0.15, 0.2) is 0 Å². The van der Waals surface area contributed by atoms with Crippen LogP contribution < -0.4 is 10.9 Å². The van der Waals surface area contributed by atoms with Gasteiger partial charge in [0.2, 0.25) is 0 Å². The molecular formula is C4H10N2O4. The summed E-state index contributed by atoms with van der Waals surface area (Å²) in [5, 5.41) is 14.8. The first-order valence-electron chi connectivity index (χ1n) is 2.36. The molecule has 0 radical (unpaired) electrons. The first-order valence-corrected chi connectivity index (χ1v) is 2.36. The Morgan fingerprint density at radius 1 is 1.00 bits per heavy atom. The Morgan fingerprint density at radius 3 is 1.20 bits per heavy atom. The molecule has 0 fully saturated rings. The summed E-state index contributed by atoms with van der Waals surface area (Å²) in [5.74, 6) is -3.65. The molecule has 0 saturated heterocycles. The summed E-state index contributed by atoms with van der Waals surface area (Å²) in [6.45, 7) is 0. The highest BCUT2D eigenvalue weighted by Gasteiger charge is 2.04. The van der Waals surface area contributed by atoms with Crippen LogP contribution in [0.5, 0.6) is 0 Å². The van der Waals surface area contributed by atoms with Crippen molar-refractivity contribution in [3.8, 4) is 0 Å². The molecule has 0 atom stereocenters. The Balaban J connectivity index is 0. The maximum Gasteiger partial charge on any atom is 0.414 e. The summed E-state index contributed by atoms with van der Waals surface area (Å²) in [6, 6.07) is 0. The van der Waals surface area contributed by atoms with Gasteiger partial charge in [-0.3, -0.25) is 10.9 Å². The molecule has 10 heavy (non-hydrogen) atoms. The second-order valence-electron chi connectivity index (χ2n) is 1.11. The normalized spacial score (nSPS) is 7.40. The van der Waals surface area contributed by atoms with E-state index in [4.69, 9.17) is 19.8 Å². The van der Waals surface area contributed by atoms with E-state index < -0.39 is 11.9 Å². The molecule has 0 aliphatic rings. The van der Waals surface area contributed by atoms with Gasteiger partial charge < -0.3 is 10.2 Å². The molecule has 0 aromatic carbocycles. The molecule has 0 aliphatic carbocycles. The van der Waals surface area contributed by atoms with E-state index in [0.29, 0.717) is 0 Å². The largest absolute Gasteiger partial charge is 0.473 e. The van der Waals surface area contributed by atoms with Gasteiger partial charge >= 0.3 is 11.9 Å². The van der Waals surface area contributed by atoms with Crippen LogP contribution in [0.25, 0.3) is 0 Å². The van der Waals surface area contributed by atoms with Crippen molar-refractivity contribution in [3.63, 3.8) is 0 Å². The number of aliphatic carboxylic acids is 2. The van der Waals surface area contributed by atoms with Crippen LogP contribution in [-0.4, -0.2) is 36.2 Å². The van der Waals surface area contributed by atoms with Crippen molar-refractivity contribution in [2.24, 2.45) is 0 Å². The number of hydrazine groups is 1. The smallest absolute Gasteiger partial charge is 0.414 e. The molecule has 0 spiro atoms. The summed E-state index contributed by atoms with van der Waals surface area (Å²) in [7, 11) is 3.64. The maximum absolute atomic E-state index is 9.10. The average Bonchev–Trinajstić information content (AvgIpc) is 1.89. The zero-order valence-corrected chi connectivity index (χ0v) is 5.71. The zero-order valence-electron chi connectivity index (χ0n) is 5.71. The van der Waals surface area contributed by atoms with Crippen molar-refractivity contribution in [1.29, 1.82) is 0 Å². The SMILES string of the molecule is CNNC.O=C(O)C(=O)O. The summed E-state index contributed by atoms with van der Waals surface area (Å²) < 4.78 is 0.